The number of amides is 1. The van der Waals surface area contributed by atoms with Crippen LogP contribution in [0.2, 0.25) is 0 Å². The smallest absolute Gasteiger partial charge is 0.241 e. The summed E-state index contributed by atoms with van der Waals surface area (Å²) < 4.78 is 10.7. The summed E-state index contributed by atoms with van der Waals surface area (Å²) in [5.74, 6) is 2.04. The van der Waals surface area contributed by atoms with Gasteiger partial charge in [0.15, 0.2) is 0 Å². The molecule has 1 amide bonds. The van der Waals surface area contributed by atoms with Crippen LogP contribution in [0.3, 0.4) is 0 Å². The Morgan fingerprint density at radius 3 is 2.72 bits per heavy atom. The molecule has 2 aromatic carbocycles. The molecule has 168 valence electrons. The molecule has 32 heavy (non-hydrogen) atoms. The Hall–Kier alpha value is -3.19. The van der Waals surface area contributed by atoms with Crippen LogP contribution >= 0.6 is 0 Å². The van der Waals surface area contributed by atoms with Crippen molar-refractivity contribution in [1.29, 1.82) is 0 Å². The first-order chi connectivity index (χ1) is 15.7. The summed E-state index contributed by atoms with van der Waals surface area (Å²) in [6.07, 6.45) is 2.69. The van der Waals surface area contributed by atoms with Crippen molar-refractivity contribution >= 4 is 5.91 Å². The summed E-state index contributed by atoms with van der Waals surface area (Å²) in [7, 11) is 1.65. The number of hydrogen-bond donors (Lipinski definition) is 1. The highest BCUT2D eigenvalue weighted by atomic mass is 16.5. The van der Waals surface area contributed by atoms with Crippen LogP contribution in [0, 0.1) is 5.92 Å². The number of methoxy groups -OCH3 is 1. The Kier molecular flexibility index (Phi) is 7.17. The van der Waals surface area contributed by atoms with E-state index in [0.717, 1.165) is 42.7 Å². The minimum absolute atomic E-state index is 0.00634. The van der Waals surface area contributed by atoms with E-state index in [1.807, 2.05) is 54.6 Å². The van der Waals surface area contributed by atoms with Crippen molar-refractivity contribution in [2.75, 3.05) is 20.2 Å². The third-order valence-electron chi connectivity index (χ3n) is 5.98. The van der Waals surface area contributed by atoms with Gasteiger partial charge in [-0.3, -0.25) is 9.69 Å². The molecule has 1 aromatic heterocycles. The van der Waals surface area contributed by atoms with E-state index in [4.69, 9.17) is 9.26 Å². The standard InChI is InChI=1S/C25H30N4O3/c1-3-22(18-11-13-21(31-2)14-12-18)26-25(30)20-10-7-15-29(16-20)17-23-27-24(28-32-23)19-8-5-4-6-9-19/h4-6,8-9,11-14,20,22H,3,7,10,15-17H2,1-2H3,(H,26,30). The van der Waals surface area contributed by atoms with Crippen molar-refractivity contribution in [2.45, 2.75) is 38.8 Å². The number of carbonyl (C=O) groups excluding carboxylic acids is 1. The molecule has 2 heterocycles. The van der Waals surface area contributed by atoms with Crippen molar-refractivity contribution in [2.24, 2.45) is 5.92 Å². The van der Waals surface area contributed by atoms with Gasteiger partial charge in [0.05, 0.1) is 25.6 Å². The van der Waals surface area contributed by atoms with Crippen LogP contribution in [-0.2, 0) is 11.3 Å². The number of nitrogens with one attached hydrogen (secondary N) is 1. The van der Waals surface area contributed by atoms with Crippen molar-refractivity contribution in [3.8, 4) is 17.1 Å². The summed E-state index contributed by atoms with van der Waals surface area (Å²) in [6.45, 7) is 4.25. The monoisotopic (exact) mass is 434 g/mol. The average molecular weight is 435 g/mol. The Morgan fingerprint density at radius 2 is 2.00 bits per heavy atom. The van der Waals surface area contributed by atoms with Gasteiger partial charge in [0, 0.05) is 12.1 Å². The fourth-order valence-corrected chi connectivity index (χ4v) is 4.17. The van der Waals surface area contributed by atoms with E-state index in [9.17, 15) is 4.79 Å². The molecule has 1 fully saturated rings. The van der Waals surface area contributed by atoms with Crippen molar-refractivity contribution in [1.82, 2.24) is 20.4 Å². The van der Waals surface area contributed by atoms with Crippen molar-refractivity contribution < 1.29 is 14.1 Å². The van der Waals surface area contributed by atoms with E-state index in [1.165, 1.54) is 0 Å². The molecule has 3 aromatic rings. The van der Waals surface area contributed by atoms with Gasteiger partial charge in [0.25, 0.3) is 0 Å². The number of likely N-dealkylation sites (tertiary alicyclic amines) is 1. The number of hydrogen-bond acceptors (Lipinski definition) is 6. The third-order valence-corrected chi connectivity index (χ3v) is 5.98. The fraction of sp³-hybridized carbons (Fsp3) is 0.400. The number of aromatic nitrogens is 2. The number of nitrogens with zero attached hydrogens (tertiary/aromatic N) is 3. The number of rotatable bonds is 8. The number of ether oxygens (including phenoxy) is 1. The highest BCUT2D eigenvalue weighted by Gasteiger charge is 2.28. The summed E-state index contributed by atoms with van der Waals surface area (Å²) in [6, 6.07) is 17.7. The second-order valence-corrected chi connectivity index (χ2v) is 8.19. The zero-order valence-electron chi connectivity index (χ0n) is 18.7. The Morgan fingerprint density at radius 1 is 1.22 bits per heavy atom. The van der Waals surface area contributed by atoms with Gasteiger partial charge < -0.3 is 14.6 Å². The lowest BCUT2D eigenvalue weighted by molar-refractivity contribution is -0.127. The molecular formula is C25H30N4O3. The molecule has 0 aliphatic carbocycles. The molecule has 0 radical (unpaired) electrons. The molecule has 1 N–H and O–H groups in total. The van der Waals surface area contributed by atoms with Gasteiger partial charge in [0.2, 0.25) is 17.6 Å². The molecule has 0 bridgehead atoms. The maximum Gasteiger partial charge on any atom is 0.241 e. The van der Waals surface area contributed by atoms with Gasteiger partial charge in [-0.15, -0.1) is 0 Å². The molecule has 1 saturated heterocycles. The molecule has 0 spiro atoms. The first-order valence-electron chi connectivity index (χ1n) is 11.2. The zero-order valence-corrected chi connectivity index (χ0v) is 18.7. The molecule has 4 rings (SSSR count). The SMILES string of the molecule is CCC(NC(=O)C1CCCN(Cc2nc(-c3ccccc3)no2)C1)c1ccc(OC)cc1. The van der Waals surface area contributed by atoms with Crippen molar-refractivity contribution in [3.63, 3.8) is 0 Å². The maximum atomic E-state index is 13.0. The molecular weight excluding hydrogens is 404 g/mol. The van der Waals surface area contributed by atoms with Crippen molar-refractivity contribution in [3.05, 3.63) is 66.1 Å². The van der Waals surface area contributed by atoms with E-state index in [2.05, 4.69) is 27.3 Å². The van der Waals surface area contributed by atoms with E-state index < -0.39 is 0 Å². The lowest BCUT2D eigenvalue weighted by atomic mass is 9.95. The number of benzene rings is 2. The quantitative estimate of drug-likeness (QED) is 0.572. The maximum absolute atomic E-state index is 13.0. The molecule has 2 unspecified atom stereocenters. The highest BCUT2D eigenvalue weighted by molar-refractivity contribution is 5.79. The summed E-state index contributed by atoms with van der Waals surface area (Å²) in [5.41, 5.74) is 2.02. The topological polar surface area (TPSA) is 80.5 Å². The zero-order chi connectivity index (χ0) is 22.3. The summed E-state index contributed by atoms with van der Waals surface area (Å²) in [5, 5.41) is 7.34. The number of carbonyl (C=O) groups is 1. The van der Waals surface area contributed by atoms with Crippen LogP contribution < -0.4 is 10.1 Å². The van der Waals surface area contributed by atoms with Crippen LogP contribution in [0.1, 0.15) is 43.7 Å². The van der Waals surface area contributed by atoms with E-state index in [-0.39, 0.29) is 17.9 Å². The molecule has 7 nitrogen and oxygen atoms in total. The predicted octanol–water partition coefficient (Wildman–Crippen LogP) is 4.22. The largest absolute Gasteiger partial charge is 0.497 e. The van der Waals surface area contributed by atoms with Crippen LogP contribution in [-0.4, -0.2) is 41.1 Å². The van der Waals surface area contributed by atoms with E-state index in [1.54, 1.807) is 7.11 Å². The van der Waals surface area contributed by atoms with Gasteiger partial charge in [-0.05, 0) is 43.5 Å². The van der Waals surface area contributed by atoms with Gasteiger partial charge >= 0.3 is 0 Å². The lowest BCUT2D eigenvalue weighted by Crippen LogP contribution is -2.43. The van der Waals surface area contributed by atoms with Crippen LogP contribution in [0.15, 0.2) is 59.1 Å². The average Bonchev–Trinajstić information content (AvgIpc) is 3.31. The molecule has 0 saturated carbocycles. The Bertz CT molecular complexity index is 1000. The predicted molar refractivity (Wildman–Crippen MR) is 122 cm³/mol. The van der Waals surface area contributed by atoms with E-state index in [0.29, 0.717) is 24.8 Å². The first-order valence-corrected chi connectivity index (χ1v) is 11.2. The van der Waals surface area contributed by atoms with Gasteiger partial charge in [-0.2, -0.15) is 4.98 Å². The van der Waals surface area contributed by atoms with Crippen LogP contribution in [0.25, 0.3) is 11.4 Å². The third kappa shape index (κ3) is 5.34. The summed E-state index contributed by atoms with van der Waals surface area (Å²) in [4.78, 5) is 19.8. The molecule has 1 aliphatic rings. The van der Waals surface area contributed by atoms with Gasteiger partial charge in [-0.25, -0.2) is 0 Å². The Balaban J connectivity index is 1.34. The van der Waals surface area contributed by atoms with Crippen LogP contribution in [0.4, 0.5) is 0 Å². The minimum Gasteiger partial charge on any atom is -0.497 e. The Labute approximate surface area is 188 Å². The summed E-state index contributed by atoms with van der Waals surface area (Å²) >= 11 is 0. The second kappa shape index (κ2) is 10.4. The minimum atomic E-state index is -0.0486. The first kappa shape index (κ1) is 22.0. The normalized spacial score (nSPS) is 17.6. The molecule has 2 atom stereocenters. The van der Waals surface area contributed by atoms with E-state index >= 15 is 0 Å². The van der Waals surface area contributed by atoms with Gasteiger partial charge in [0.1, 0.15) is 5.75 Å². The number of piperidine rings is 1. The highest BCUT2D eigenvalue weighted by Crippen LogP contribution is 2.24. The molecule has 1 aliphatic heterocycles. The molecule has 7 heteroatoms. The van der Waals surface area contributed by atoms with Gasteiger partial charge in [-0.1, -0.05) is 54.5 Å². The lowest BCUT2D eigenvalue weighted by Gasteiger charge is -2.32. The fourth-order valence-electron chi connectivity index (χ4n) is 4.17. The second-order valence-electron chi connectivity index (χ2n) is 8.19. The van der Waals surface area contributed by atoms with Crippen LogP contribution in [0.5, 0.6) is 5.75 Å².